The summed E-state index contributed by atoms with van der Waals surface area (Å²) in [5.74, 6) is 0. The Morgan fingerprint density at radius 1 is 0.529 bits per heavy atom. The van der Waals surface area contributed by atoms with Crippen molar-refractivity contribution in [1.82, 2.24) is 0 Å². The minimum Gasteiger partial charge on any atom is -0.380 e. The number of hydrogen-bond acceptors (Lipinski definition) is 2. The maximum atomic E-state index is 5.77. The highest BCUT2D eigenvalue weighted by atomic mass is 16.5. The van der Waals surface area contributed by atoms with Gasteiger partial charge < -0.3 is 9.47 Å². The summed E-state index contributed by atoms with van der Waals surface area (Å²) in [7, 11) is 0. The summed E-state index contributed by atoms with van der Waals surface area (Å²) in [4.78, 5) is 0. The smallest absolute Gasteiger partial charge is 0.0539 e. The van der Waals surface area contributed by atoms with Crippen LogP contribution in [0.1, 0.15) is 55.4 Å². The van der Waals surface area contributed by atoms with Gasteiger partial charge >= 0.3 is 0 Å². The van der Waals surface area contributed by atoms with Crippen LogP contribution in [0.25, 0.3) is 0 Å². The molecule has 0 aromatic carbocycles. The Balaban J connectivity index is 3.81. The SMILES string of the molecule is CC(C)(C)COCC(C)(C)COCC(C)(C)C. The van der Waals surface area contributed by atoms with Crippen molar-refractivity contribution in [3.05, 3.63) is 0 Å². The summed E-state index contributed by atoms with van der Waals surface area (Å²) in [5.41, 5.74) is 0.571. The van der Waals surface area contributed by atoms with Gasteiger partial charge in [0.2, 0.25) is 0 Å². The van der Waals surface area contributed by atoms with Crippen LogP contribution in [0.5, 0.6) is 0 Å². The molecule has 0 N–H and O–H groups in total. The quantitative estimate of drug-likeness (QED) is 0.699. The van der Waals surface area contributed by atoms with Gasteiger partial charge in [0.15, 0.2) is 0 Å². The summed E-state index contributed by atoms with van der Waals surface area (Å²) >= 11 is 0. The minimum atomic E-state index is 0.0938. The van der Waals surface area contributed by atoms with E-state index in [-0.39, 0.29) is 16.2 Å². The summed E-state index contributed by atoms with van der Waals surface area (Å²) in [6.45, 7) is 20.6. The first-order valence-corrected chi connectivity index (χ1v) is 6.57. The molecule has 0 heterocycles. The summed E-state index contributed by atoms with van der Waals surface area (Å²) in [6.07, 6.45) is 0. The van der Waals surface area contributed by atoms with Crippen molar-refractivity contribution in [1.29, 1.82) is 0 Å². The predicted molar refractivity (Wildman–Crippen MR) is 74.3 cm³/mol. The topological polar surface area (TPSA) is 18.5 Å². The fraction of sp³-hybridized carbons (Fsp3) is 1.00. The normalized spacial score (nSPS) is 14.1. The van der Waals surface area contributed by atoms with Gasteiger partial charge in [-0.1, -0.05) is 55.4 Å². The fourth-order valence-electron chi connectivity index (χ4n) is 1.31. The van der Waals surface area contributed by atoms with E-state index in [1.165, 1.54) is 0 Å². The second kappa shape index (κ2) is 6.19. The third-order valence-corrected chi connectivity index (χ3v) is 2.06. The first-order chi connectivity index (χ1) is 7.41. The third kappa shape index (κ3) is 12.2. The molecule has 0 aromatic rings. The fourth-order valence-corrected chi connectivity index (χ4v) is 1.31. The Kier molecular flexibility index (Phi) is 6.16. The molecule has 0 spiro atoms. The highest BCUT2D eigenvalue weighted by molar-refractivity contribution is 4.69. The molecule has 0 radical (unpaired) electrons. The molecule has 17 heavy (non-hydrogen) atoms. The first kappa shape index (κ1) is 16.9. The van der Waals surface area contributed by atoms with Gasteiger partial charge in [-0.3, -0.25) is 0 Å². The average Bonchev–Trinajstić information content (AvgIpc) is 1.96. The molecule has 0 aliphatic carbocycles. The number of hydrogen-bond donors (Lipinski definition) is 0. The molecule has 0 atom stereocenters. The van der Waals surface area contributed by atoms with Gasteiger partial charge in [-0.25, -0.2) is 0 Å². The number of ether oxygens (including phenoxy) is 2. The summed E-state index contributed by atoms with van der Waals surface area (Å²) < 4.78 is 11.5. The molecule has 0 saturated heterocycles. The lowest BCUT2D eigenvalue weighted by Crippen LogP contribution is -2.29. The monoisotopic (exact) mass is 244 g/mol. The van der Waals surface area contributed by atoms with Crippen LogP contribution in [0.3, 0.4) is 0 Å². The molecule has 0 rings (SSSR count). The van der Waals surface area contributed by atoms with Gasteiger partial charge in [-0.15, -0.1) is 0 Å². The molecule has 0 aliphatic rings. The van der Waals surface area contributed by atoms with Gasteiger partial charge in [-0.2, -0.15) is 0 Å². The van der Waals surface area contributed by atoms with Crippen LogP contribution in [0, 0.1) is 16.2 Å². The van der Waals surface area contributed by atoms with Crippen molar-refractivity contribution in [2.45, 2.75) is 55.4 Å². The number of rotatable bonds is 6. The second-order valence-corrected chi connectivity index (χ2v) is 8.27. The zero-order valence-corrected chi connectivity index (χ0v) is 13.1. The average molecular weight is 244 g/mol. The largest absolute Gasteiger partial charge is 0.380 e. The molecule has 0 saturated carbocycles. The van der Waals surface area contributed by atoms with Crippen LogP contribution in [0.15, 0.2) is 0 Å². The van der Waals surface area contributed by atoms with E-state index in [9.17, 15) is 0 Å². The molecule has 0 aliphatic heterocycles. The lowest BCUT2D eigenvalue weighted by atomic mass is 9.94. The van der Waals surface area contributed by atoms with Gasteiger partial charge in [0.25, 0.3) is 0 Å². The minimum absolute atomic E-state index is 0.0938. The zero-order valence-electron chi connectivity index (χ0n) is 13.1. The van der Waals surface area contributed by atoms with E-state index in [4.69, 9.17) is 9.47 Å². The predicted octanol–water partition coefficient (Wildman–Crippen LogP) is 4.14. The van der Waals surface area contributed by atoms with Gasteiger partial charge in [0, 0.05) is 5.41 Å². The van der Waals surface area contributed by atoms with Crippen molar-refractivity contribution in [2.24, 2.45) is 16.2 Å². The van der Waals surface area contributed by atoms with Crippen LogP contribution in [0.2, 0.25) is 0 Å². The van der Waals surface area contributed by atoms with E-state index < -0.39 is 0 Å². The van der Waals surface area contributed by atoms with Gasteiger partial charge in [0.1, 0.15) is 0 Å². The Hall–Kier alpha value is -0.0800. The molecular weight excluding hydrogens is 212 g/mol. The van der Waals surface area contributed by atoms with Crippen LogP contribution in [-0.2, 0) is 9.47 Å². The van der Waals surface area contributed by atoms with Crippen LogP contribution < -0.4 is 0 Å². The Morgan fingerprint density at radius 2 is 0.824 bits per heavy atom. The zero-order chi connectivity index (χ0) is 13.7. The summed E-state index contributed by atoms with van der Waals surface area (Å²) in [5, 5.41) is 0. The lowest BCUT2D eigenvalue weighted by molar-refractivity contribution is -0.0356. The van der Waals surface area contributed by atoms with Crippen LogP contribution >= 0.6 is 0 Å². The molecular formula is C15H32O2. The Labute approximate surface area is 108 Å². The van der Waals surface area contributed by atoms with Crippen molar-refractivity contribution >= 4 is 0 Å². The van der Waals surface area contributed by atoms with Gasteiger partial charge in [-0.05, 0) is 10.8 Å². The van der Waals surface area contributed by atoms with E-state index in [0.717, 1.165) is 26.4 Å². The van der Waals surface area contributed by atoms with Crippen LogP contribution in [-0.4, -0.2) is 26.4 Å². The second-order valence-electron chi connectivity index (χ2n) is 8.27. The highest BCUT2D eigenvalue weighted by Crippen LogP contribution is 2.21. The molecule has 0 unspecified atom stereocenters. The van der Waals surface area contributed by atoms with E-state index in [1.807, 2.05) is 0 Å². The van der Waals surface area contributed by atoms with Crippen molar-refractivity contribution in [3.8, 4) is 0 Å². The van der Waals surface area contributed by atoms with E-state index >= 15 is 0 Å². The molecule has 0 bridgehead atoms. The van der Waals surface area contributed by atoms with E-state index in [0.29, 0.717) is 0 Å². The van der Waals surface area contributed by atoms with E-state index in [2.05, 4.69) is 55.4 Å². The lowest BCUT2D eigenvalue weighted by Gasteiger charge is -2.28. The maximum Gasteiger partial charge on any atom is 0.0539 e. The Morgan fingerprint density at radius 3 is 1.06 bits per heavy atom. The standard InChI is InChI=1S/C15H32O2/c1-13(2,3)9-16-11-15(7,8)12-17-10-14(4,5)6/h9-12H2,1-8H3. The molecule has 104 valence electrons. The first-order valence-electron chi connectivity index (χ1n) is 6.57. The van der Waals surface area contributed by atoms with Crippen LogP contribution in [0.4, 0.5) is 0 Å². The molecule has 0 amide bonds. The molecule has 2 nitrogen and oxygen atoms in total. The third-order valence-electron chi connectivity index (χ3n) is 2.06. The Bertz CT molecular complexity index is 184. The summed E-state index contributed by atoms with van der Waals surface area (Å²) in [6, 6.07) is 0. The molecule has 0 aromatic heterocycles. The molecule has 2 heteroatoms. The van der Waals surface area contributed by atoms with E-state index in [1.54, 1.807) is 0 Å². The highest BCUT2D eigenvalue weighted by Gasteiger charge is 2.21. The molecule has 0 fully saturated rings. The maximum absolute atomic E-state index is 5.77. The van der Waals surface area contributed by atoms with Crippen molar-refractivity contribution in [2.75, 3.05) is 26.4 Å². The van der Waals surface area contributed by atoms with Crippen molar-refractivity contribution < 1.29 is 9.47 Å². The van der Waals surface area contributed by atoms with Gasteiger partial charge in [0.05, 0.1) is 26.4 Å². The van der Waals surface area contributed by atoms with Crippen molar-refractivity contribution in [3.63, 3.8) is 0 Å².